The van der Waals surface area contributed by atoms with Crippen molar-refractivity contribution in [2.75, 3.05) is 13.1 Å². The molecule has 1 saturated heterocycles. The van der Waals surface area contributed by atoms with E-state index in [1.54, 1.807) is 12.1 Å². The Morgan fingerprint density at radius 3 is 2.41 bits per heavy atom. The fraction of sp³-hybridized carbons (Fsp3) is 0.500. The van der Waals surface area contributed by atoms with Gasteiger partial charge in [-0.15, -0.1) is 0 Å². The topological polar surface area (TPSA) is 32.3 Å². The Balaban J connectivity index is 1.97. The van der Waals surface area contributed by atoms with Crippen LogP contribution in [0.1, 0.15) is 44.7 Å². The van der Waals surface area contributed by atoms with Crippen LogP contribution in [0.3, 0.4) is 0 Å². The lowest BCUT2D eigenvalue weighted by Crippen LogP contribution is -2.44. The molecule has 0 bridgehead atoms. The van der Waals surface area contributed by atoms with Crippen LogP contribution >= 0.6 is 0 Å². The molecule has 22 heavy (non-hydrogen) atoms. The third-order valence-corrected chi connectivity index (χ3v) is 4.53. The summed E-state index contributed by atoms with van der Waals surface area (Å²) < 4.78 is 13.2. The second kappa shape index (κ2) is 5.84. The van der Waals surface area contributed by atoms with Gasteiger partial charge < -0.3 is 5.32 Å². The largest absolute Gasteiger partial charge is 0.385 e. The molecular weight excluding hydrogens is 279 g/mol. The fourth-order valence-corrected chi connectivity index (χ4v) is 3.37. The van der Waals surface area contributed by atoms with Crippen molar-refractivity contribution in [3.8, 4) is 0 Å². The van der Waals surface area contributed by atoms with Crippen molar-refractivity contribution in [2.24, 2.45) is 0 Å². The summed E-state index contributed by atoms with van der Waals surface area (Å²) in [5, 5.41) is 3.34. The van der Waals surface area contributed by atoms with Crippen LogP contribution in [0, 0.1) is 5.82 Å². The molecule has 2 aliphatic rings. The molecular formula is C18H23FN2O. The molecule has 1 N–H and O–H groups in total. The van der Waals surface area contributed by atoms with Crippen molar-refractivity contribution in [1.29, 1.82) is 0 Å². The van der Waals surface area contributed by atoms with Gasteiger partial charge in [0, 0.05) is 23.7 Å². The number of carbonyl (C=O) groups excluding carboxylic acids is 1. The number of ketones is 1. The predicted octanol–water partition coefficient (Wildman–Crippen LogP) is 3.19. The average Bonchev–Trinajstić information content (AvgIpc) is 2.97. The number of hydrogen-bond acceptors (Lipinski definition) is 3. The van der Waals surface area contributed by atoms with Gasteiger partial charge in [0.05, 0.1) is 6.04 Å². The van der Waals surface area contributed by atoms with Crippen LogP contribution in [0.4, 0.5) is 4.39 Å². The summed E-state index contributed by atoms with van der Waals surface area (Å²) in [4.78, 5) is 15.0. The van der Waals surface area contributed by atoms with Crippen molar-refractivity contribution in [2.45, 2.75) is 44.7 Å². The van der Waals surface area contributed by atoms with E-state index in [2.05, 4.69) is 10.2 Å². The number of likely N-dealkylation sites (tertiary alicyclic amines) is 1. The van der Waals surface area contributed by atoms with Gasteiger partial charge in [-0.1, -0.05) is 12.1 Å². The highest BCUT2D eigenvalue weighted by Gasteiger charge is 2.35. The SMILES string of the molecule is CC1(C)CC(=O)C(C(c2ccc(F)cc2)N2CCCC2)=CN1. The molecule has 1 fully saturated rings. The van der Waals surface area contributed by atoms with Crippen molar-refractivity contribution in [3.63, 3.8) is 0 Å². The van der Waals surface area contributed by atoms with Crippen LogP contribution in [-0.4, -0.2) is 29.3 Å². The van der Waals surface area contributed by atoms with E-state index in [1.165, 1.54) is 12.1 Å². The monoisotopic (exact) mass is 302 g/mol. The van der Waals surface area contributed by atoms with E-state index in [-0.39, 0.29) is 23.2 Å². The van der Waals surface area contributed by atoms with E-state index in [0.717, 1.165) is 37.1 Å². The highest BCUT2D eigenvalue weighted by molar-refractivity contribution is 5.98. The summed E-state index contributed by atoms with van der Waals surface area (Å²) in [6.07, 6.45) is 4.67. The number of nitrogens with one attached hydrogen (secondary N) is 1. The smallest absolute Gasteiger partial charge is 0.164 e. The quantitative estimate of drug-likeness (QED) is 0.930. The molecule has 2 aliphatic heterocycles. The first-order chi connectivity index (χ1) is 10.5. The Kier molecular flexibility index (Phi) is 4.04. The van der Waals surface area contributed by atoms with Gasteiger partial charge in [0.2, 0.25) is 0 Å². The lowest BCUT2D eigenvalue weighted by molar-refractivity contribution is -0.117. The van der Waals surface area contributed by atoms with Crippen LogP contribution in [0.5, 0.6) is 0 Å². The van der Waals surface area contributed by atoms with Crippen LogP contribution < -0.4 is 5.32 Å². The van der Waals surface area contributed by atoms with Gasteiger partial charge >= 0.3 is 0 Å². The molecule has 2 heterocycles. The fourth-order valence-electron chi connectivity index (χ4n) is 3.37. The summed E-state index contributed by atoms with van der Waals surface area (Å²) in [7, 11) is 0. The van der Waals surface area contributed by atoms with Gasteiger partial charge in [0.15, 0.2) is 5.78 Å². The average molecular weight is 302 g/mol. The zero-order valence-electron chi connectivity index (χ0n) is 13.2. The summed E-state index contributed by atoms with van der Waals surface area (Å²) in [6.45, 7) is 6.02. The molecule has 1 aromatic carbocycles. The van der Waals surface area contributed by atoms with Gasteiger partial charge in [-0.05, 0) is 57.5 Å². The number of benzene rings is 1. The van der Waals surface area contributed by atoms with Crippen LogP contribution in [0.25, 0.3) is 0 Å². The van der Waals surface area contributed by atoms with Crippen molar-refractivity contribution in [3.05, 3.63) is 47.4 Å². The van der Waals surface area contributed by atoms with E-state index in [0.29, 0.717) is 6.42 Å². The molecule has 0 saturated carbocycles. The minimum atomic E-state index is -0.243. The predicted molar refractivity (Wildman–Crippen MR) is 84.9 cm³/mol. The second-order valence-electron chi connectivity index (χ2n) is 6.93. The Bertz CT molecular complexity index is 586. The van der Waals surface area contributed by atoms with E-state index in [4.69, 9.17) is 0 Å². The lowest BCUT2D eigenvalue weighted by Gasteiger charge is -2.36. The first-order valence-electron chi connectivity index (χ1n) is 7.97. The Labute approximate surface area is 131 Å². The molecule has 0 aliphatic carbocycles. The minimum Gasteiger partial charge on any atom is -0.385 e. The van der Waals surface area contributed by atoms with Crippen LogP contribution in [-0.2, 0) is 4.79 Å². The highest BCUT2D eigenvalue weighted by Crippen LogP contribution is 2.35. The Hall–Kier alpha value is -1.68. The van der Waals surface area contributed by atoms with E-state index >= 15 is 0 Å². The summed E-state index contributed by atoms with van der Waals surface area (Å²) in [6, 6.07) is 6.48. The Morgan fingerprint density at radius 2 is 1.82 bits per heavy atom. The molecule has 118 valence electrons. The maximum absolute atomic E-state index is 13.2. The number of Topliss-reactive ketones (excluding diaryl/α,β-unsaturated/α-hetero) is 1. The normalized spacial score (nSPS) is 23.0. The first kappa shape index (κ1) is 15.2. The van der Waals surface area contributed by atoms with Gasteiger partial charge in [0.25, 0.3) is 0 Å². The lowest BCUT2D eigenvalue weighted by atomic mass is 9.85. The standard InChI is InChI=1S/C18H23FN2O/c1-18(2)11-16(22)15(12-20-18)17(21-9-3-4-10-21)13-5-7-14(19)8-6-13/h5-8,12,17,20H,3-4,9-11H2,1-2H3. The summed E-state index contributed by atoms with van der Waals surface area (Å²) in [5.74, 6) is -0.0582. The number of nitrogens with zero attached hydrogens (tertiary/aromatic N) is 1. The molecule has 0 spiro atoms. The van der Waals surface area contributed by atoms with E-state index in [9.17, 15) is 9.18 Å². The number of rotatable bonds is 3. The maximum Gasteiger partial charge on any atom is 0.164 e. The molecule has 1 unspecified atom stereocenters. The minimum absolute atomic E-state index is 0.0702. The third-order valence-electron chi connectivity index (χ3n) is 4.53. The first-order valence-corrected chi connectivity index (χ1v) is 7.97. The molecule has 0 amide bonds. The van der Waals surface area contributed by atoms with Crippen molar-refractivity contribution in [1.82, 2.24) is 10.2 Å². The molecule has 1 atom stereocenters. The molecule has 0 aromatic heterocycles. The van der Waals surface area contributed by atoms with E-state index in [1.807, 2.05) is 20.0 Å². The zero-order chi connectivity index (χ0) is 15.7. The van der Waals surface area contributed by atoms with Gasteiger partial charge in [-0.25, -0.2) is 4.39 Å². The molecule has 4 heteroatoms. The summed E-state index contributed by atoms with van der Waals surface area (Å²) in [5.41, 5.74) is 1.59. The van der Waals surface area contributed by atoms with Gasteiger partial charge in [-0.3, -0.25) is 9.69 Å². The van der Waals surface area contributed by atoms with E-state index < -0.39 is 0 Å². The molecule has 1 aromatic rings. The summed E-state index contributed by atoms with van der Waals surface area (Å²) >= 11 is 0. The van der Waals surface area contributed by atoms with Crippen molar-refractivity contribution >= 4 is 5.78 Å². The van der Waals surface area contributed by atoms with Gasteiger partial charge in [-0.2, -0.15) is 0 Å². The third kappa shape index (κ3) is 3.07. The molecule has 3 nitrogen and oxygen atoms in total. The van der Waals surface area contributed by atoms with Crippen LogP contribution in [0.2, 0.25) is 0 Å². The Morgan fingerprint density at radius 1 is 1.18 bits per heavy atom. The zero-order valence-corrected chi connectivity index (χ0v) is 13.2. The molecule has 3 rings (SSSR count). The number of carbonyl (C=O) groups is 1. The van der Waals surface area contributed by atoms with Crippen molar-refractivity contribution < 1.29 is 9.18 Å². The second-order valence-corrected chi connectivity index (χ2v) is 6.93. The van der Waals surface area contributed by atoms with Gasteiger partial charge in [0.1, 0.15) is 5.82 Å². The molecule has 0 radical (unpaired) electrons. The number of halogens is 1. The number of hydrogen-bond donors (Lipinski definition) is 1. The highest BCUT2D eigenvalue weighted by atomic mass is 19.1. The maximum atomic E-state index is 13.2. The van der Waals surface area contributed by atoms with Crippen LogP contribution in [0.15, 0.2) is 36.0 Å².